The molecular weight excluding hydrogens is 212 g/mol. The third kappa shape index (κ3) is 1.83. The van der Waals surface area contributed by atoms with Crippen LogP contribution in [-0.2, 0) is 11.3 Å². The van der Waals surface area contributed by atoms with Gasteiger partial charge in [-0.3, -0.25) is 9.69 Å². The molecule has 0 radical (unpaired) electrons. The third-order valence-corrected chi connectivity index (χ3v) is 2.09. The molecule has 0 aromatic carbocycles. The van der Waals surface area contributed by atoms with Gasteiger partial charge in [-0.15, -0.1) is 5.10 Å². The number of carbonyl (C=O) groups excluding carboxylic acids is 2. The van der Waals surface area contributed by atoms with Crippen LogP contribution in [0.4, 0.5) is 4.79 Å². The topological polar surface area (TPSA) is 104 Å². The highest BCUT2D eigenvalue weighted by atomic mass is 16.2. The number of imide groups is 1. The van der Waals surface area contributed by atoms with Crippen LogP contribution in [0, 0.1) is 11.3 Å². The van der Waals surface area contributed by atoms with E-state index in [1.807, 2.05) is 0 Å². The first kappa shape index (κ1) is 10.1. The summed E-state index contributed by atoms with van der Waals surface area (Å²) in [5.41, 5.74) is 0. The molecule has 1 aromatic heterocycles. The molecule has 16 heavy (non-hydrogen) atoms. The van der Waals surface area contributed by atoms with Crippen LogP contribution in [0.1, 0.15) is 5.82 Å². The molecule has 0 aliphatic carbocycles. The van der Waals surface area contributed by atoms with Gasteiger partial charge in [0.05, 0.1) is 0 Å². The number of nitriles is 1. The Labute approximate surface area is 90.5 Å². The number of nitrogens with zero attached hydrogens (tertiary/aromatic N) is 5. The number of hydrogen-bond acceptors (Lipinski definition) is 5. The van der Waals surface area contributed by atoms with Crippen molar-refractivity contribution in [1.82, 2.24) is 25.0 Å². The Morgan fingerprint density at radius 2 is 2.50 bits per heavy atom. The van der Waals surface area contributed by atoms with Crippen molar-refractivity contribution in [3.63, 3.8) is 0 Å². The molecule has 1 aliphatic heterocycles. The average molecular weight is 220 g/mol. The molecule has 1 fully saturated rings. The maximum absolute atomic E-state index is 11.6. The maximum Gasteiger partial charge on any atom is 0.324 e. The zero-order valence-electron chi connectivity index (χ0n) is 8.25. The van der Waals surface area contributed by atoms with Crippen molar-refractivity contribution >= 4 is 11.9 Å². The fourth-order valence-corrected chi connectivity index (χ4v) is 1.36. The molecule has 1 N–H and O–H groups in total. The number of amides is 3. The van der Waals surface area contributed by atoms with Crippen molar-refractivity contribution in [3.8, 4) is 6.07 Å². The molecule has 82 valence electrons. The summed E-state index contributed by atoms with van der Waals surface area (Å²) in [4.78, 5) is 27.5. The largest absolute Gasteiger partial charge is 0.336 e. The van der Waals surface area contributed by atoms with Gasteiger partial charge >= 0.3 is 6.03 Å². The van der Waals surface area contributed by atoms with Gasteiger partial charge in [0.25, 0.3) is 11.7 Å². The molecule has 0 atom stereocenters. The summed E-state index contributed by atoms with van der Waals surface area (Å²) >= 11 is 0. The first-order valence-corrected chi connectivity index (χ1v) is 4.58. The number of rotatable bonds is 2. The van der Waals surface area contributed by atoms with Gasteiger partial charge in [-0.25, -0.2) is 14.5 Å². The van der Waals surface area contributed by atoms with Crippen LogP contribution in [0.15, 0.2) is 6.33 Å². The van der Waals surface area contributed by atoms with Crippen LogP contribution in [0.2, 0.25) is 0 Å². The maximum atomic E-state index is 11.6. The van der Waals surface area contributed by atoms with Crippen molar-refractivity contribution in [1.29, 1.82) is 5.26 Å². The monoisotopic (exact) mass is 220 g/mol. The standard InChI is InChI=1S/C8H8N6O2/c9-3-6-11-5-13(12-6)4-7(15)14-2-1-10-8(14)16/h5H,1-2,4H2,(H,10,16). The van der Waals surface area contributed by atoms with Gasteiger partial charge in [0.1, 0.15) is 18.9 Å². The quantitative estimate of drug-likeness (QED) is 0.667. The minimum atomic E-state index is -0.398. The lowest BCUT2D eigenvalue weighted by atomic mass is 10.5. The normalized spacial score (nSPS) is 14.7. The van der Waals surface area contributed by atoms with Gasteiger partial charge < -0.3 is 5.32 Å². The zero-order valence-corrected chi connectivity index (χ0v) is 8.25. The van der Waals surface area contributed by atoms with E-state index < -0.39 is 6.03 Å². The van der Waals surface area contributed by atoms with Crippen LogP contribution in [0.25, 0.3) is 0 Å². The summed E-state index contributed by atoms with van der Waals surface area (Å²) in [5, 5.41) is 14.7. The fraction of sp³-hybridized carbons (Fsp3) is 0.375. The van der Waals surface area contributed by atoms with Gasteiger partial charge in [-0.1, -0.05) is 0 Å². The summed E-state index contributed by atoms with van der Waals surface area (Å²) in [6, 6.07) is 1.35. The number of nitrogens with one attached hydrogen (secondary N) is 1. The predicted octanol–water partition coefficient (Wildman–Crippen LogP) is -1.30. The molecule has 1 saturated heterocycles. The average Bonchev–Trinajstić information content (AvgIpc) is 2.86. The lowest BCUT2D eigenvalue weighted by molar-refractivity contribution is -0.128. The first-order chi connectivity index (χ1) is 7.70. The van der Waals surface area contributed by atoms with Gasteiger partial charge in [-0.05, 0) is 0 Å². The predicted molar refractivity (Wildman–Crippen MR) is 49.8 cm³/mol. The lowest BCUT2D eigenvalue weighted by Gasteiger charge is -2.11. The smallest absolute Gasteiger partial charge is 0.324 e. The summed E-state index contributed by atoms with van der Waals surface area (Å²) in [6.45, 7) is 0.727. The van der Waals surface area contributed by atoms with Gasteiger partial charge in [-0.2, -0.15) is 5.26 Å². The molecular formula is C8H8N6O2. The SMILES string of the molecule is N#Cc1ncn(CC(=O)N2CCNC2=O)n1. The molecule has 3 amide bonds. The van der Waals surface area contributed by atoms with Crippen molar-refractivity contribution in [3.05, 3.63) is 12.2 Å². The number of hydrogen-bond donors (Lipinski definition) is 1. The third-order valence-electron chi connectivity index (χ3n) is 2.09. The summed E-state index contributed by atoms with van der Waals surface area (Å²) in [5.74, 6) is -0.372. The Balaban J connectivity index is 2.02. The number of aromatic nitrogens is 3. The van der Waals surface area contributed by atoms with E-state index in [1.165, 1.54) is 11.0 Å². The van der Waals surface area contributed by atoms with Gasteiger partial charge in [0, 0.05) is 13.1 Å². The molecule has 2 heterocycles. The number of carbonyl (C=O) groups is 2. The molecule has 8 heteroatoms. The van der Waals surface area contributed by atoms with Crippen molar-refractivity contribution in [2.24, 2.45) is 0 Å². The molecule has 1 aliphatic rings. The van der Waals surface area contributed by atoms with E-state index in [2.05, 4.69) is 15.4 Å². The summed E-state index contributed by atoms with van der Waals surface area (Å²) in [7, 11) is 0. The summed E-state index contributed by atoms with van der Waals surface area (Å²) in [6.07, 6.45) is 1.28. The van der Waals surface area contributed by atoms with E-state index in [1.54, 1.807) is 6.07 Å². The van der Waals surface area contributed by atoms with E-state index in [9.17, 15) is 9.59 Å². The second kappa shape index (κ2) is 3.98. The minimum Gasteiger partial charge on any atom is -0.336 e. The Hall–Kier alpha value is -2.43. The Kier molecular flexibility index (Phi) is 2.51. The van der Waals surface area contributed by atoms with E-state index in [-0.39, 0.29) is 18.3 Å². The van der Waals surface area contributed by atoms with Crippen LogP contribution < -0.4 is 5.32 Å². The van der Waals surface area contributed by atoms with Crippen LogP contribution in [0.3, 0.4) is 0 Å². The van der Waals surface area contributed by atoms with Gasteiger partial charge in [0.2, 0.25) is 0 Å². The first-order valence-electron chi connectivity index (χ1n) is 4.58. The molecule has 1 aromatic rings. The molecule has 0 saturated carbocycles. The molecule has 2 rings (SSSR count). The highest BCUT2D eigenvalue weighted by Gasteiger charge is 2.26. The molecule has 8 nitrogen and oxygen atoms in total. The van der Waals surface area contributed by atoms with E-state index in [4.69, 9.17) is 5.26 Å². The zero-order chi connectivity index (χ0) is 11.5. The Morgan fingerprint density at radius 3 is 3.06 bits per heavy atom. The Bertz CT molecular complexity index is 473. The summed E-state index contributed by atoms with van der Waals surface area (Å²) < 4.78 is 1.23. The minimum absolute atomic E-state index is 0.00123. The van der Waals surface area contributed by atoms with Crippen molar-refractivity contribution < 1.29 is 9.59 Å². The van der Waals surface area contributed by atoms with Gasteiger partial charge in [0.15, 0.2) is 0 Å². The lowest BCUT2D eigenvalue weighted by Crippen LogP contribution is -2.36. The van der Waals surface area contributed by atoms with Crippen molar-refractivity contribution in [2.45, 2.75) is 6.54 Å². The molecule has 0 bridgehead atoms. The Morgan fingerprint density at radius 1 is 1.69 bits per heavy atom. The van der Waals surface area contributed by atoms with E-state index in [0.717, 1.165) is 4.90 Å². The highest BCUT2D eigenvalue weighted by molar-refractivity contribution is 5.95. The van der Waals surface area contributed by atoms with Crippen LogP contribution in [0.5, 0.6) is 0 Å². The molecule has 0 unspecified atom stereocenters. The highest BCUT2D eigenvalue weighted by Crippen LogP contribution is 1.99. The molecule has 0 spiro atoms. The number of urea groups is 1. The van der Waals surface area contributed by atoms with Crippen LogP contribution in [-0.4, -0.2) is 44.7 Å². The van der Waals surface area contributed by atoms with Crippen LogP contribution >= 0.6 is 0 Å². The second-order valence-electron chi connectivity index (χ2n) is 3.15. The van der Waals surface area contributed by atoms with Crippen molar-refractivity contribution in [2.75, 3.05) is 13.1 Å². The second-order valence-corrected chi connectivity index (χ2v) is 3.15. The fourth-order valence-electron chi connectivity index (χ4n) is 1.36. The van der Waals surface area contributed by atoms with E-state index in [0.29, 0.717) is 13.1 Å². The van der Waals surface area contributed by atoms with E-state index >= 15 is 0 Å².